The Labute approximate surface area is 142 Å². The molecule has 0 N–H and O–H groups in total. The fraction of sp³-hybridized carbons (Fsp3) is 0.278. The highest BCUT2D eigenvalue weighted by Crippen LogP contribution is 2.28. The molecular formula is C18H18N2O3S. The van der Waals surface area contributed by atoms with Crippen molar-refractivity contribution in [1.29, 1.82) is 5.26 Å². The molecule has 0 aliphatic carbocycles. The van der Waals surface area contributed by atoms with Crippen LogP contribution in [0.3, 0.4) is 0 Å². The van der Waals surface area contributed by atoms with Crippen molar-refractivity contribution in [3.8, 4) is 11.8 Å². The van der Waals surface area contributed by atoms with Gasteiger partial charge in [-0.05, 0) is 42.7 Å². The molecule has 0 saturated carbocycles. The lowest BCUT2D eigenvalue weighted by Gasteiger charge is -2.28. The molecule has 6 heteroatoms. The number of sulfonamides is 1. The van der Waals surface area contributed by atoms with E-state index in [1.54, 1.807) is 6.07 Å². The largest absolute Gasteiger partial charge is 0.492 e. The minimum absolute atomic E-state index is 0.127. The maximum Gasteiger partial charge on any atom is 0.243 e. The van der Waals surface area contributed by atoms with Gasteiger partial charge < -0.3 is 4.74 Å². The van der Waals surface area contributed by atoms with Crippen molar-refractivity contribution in [2.45, 2.75) is 24.8 Å². The summed E-state index contributed by atoms with van der Waals surface area (Å²) in [6.45, 7) is 3.03. The van der Waals surface area contributed by atoms with E-state index in [-0.39, 0.29) is 10.5 Å². The molecule has 2 aromatic rings. The highest BCUT2D eigenvalue weighted by atomic mass is 32.2. The molecule has 124 valence electrons. The number of benzene rings is 2. The summed E-state index contributed by atoms with van der Waals surface area (Å²) < 4.78 is 32.6. The normalized spacial score (nSPS) is 14.7. The molecule has 0 bridgehead atoms. The Balaban J connectivity index is 1.93. The quantitative estimate of drug-likeness (QED) is 0.856. The Morgan fingerprint density at radius 2 is 1.96 bits per heavy atom. The molecule has 0 spiro atoms. The topological polar surface area (TPSA) is 70.4 Å². The van der Waals surface area contributed by atoms with Crippen molar-refractivity contribution in [2.75, 3.05) is 13.2 Å². The second-order valence-corrected chi connectivity index (χ2v) is 7.50. The van der Waals surface area contributed by atoms with Crippen molar-refractivity contribution < 1.29 is 13.2 Å². The maximum atomic E-state index is 12.9. The van der Waals surface area contributed by atoms with Crippen LogP contribution in [0, 0.1) is 11.3 Å². The lowest BCUT2D eigenvalue weighted by molar-refractivity contribution is 0.339. The van der Waals surface area contributed by atoms with Crippen LogP contribution in [0.25, 0.3) is 0 Å². The zero-order valence-corrected chi connectivity index (χ0v) is 14.2. The summed E-state index contributed by atoms with van der Waals surface area (Å²) in [4.78, 5) is 0.127. The highest BCUT2D eigenvalue weighted by Gasteiger charge is 2.28. The second-order valence-electron chi connectivity index (χ2n) is 5.56. The monoisotopic (exact) mass is 342 g/mol. The fourth-order valence-electron chi connectivity index (χ4n) is 2.86. The Kier molecular flexibility index (Phi) is 4.56. The zero-order valence-electron chi connectivity index (χ0n) is 13.4. The van der Waals surface area contributed by atoms with E-state index in [2.05, 4.69) is 0 Å². The van der Waals surface area contributed by atoms with Crippen LogP contribution in [-0.4, -0.2) is 25.9 Å². The summed E-state index contributed by atoms with van der Waals surface area (Å²) >= 11 is 0. The van der Waals surface area contributed by atoms with Crippen LogP contribution in [0.4, 0.5) is 0 Å². The molecule has 0 amide bonds. The zero-order chi connectivity index (χ0) is 17.2. The standard InChI is InChI=1S/C18H18N2O3S/c1-2-23-18-8-7-17(11-16(18)12-19)24(21,22)20-10-9-14-5-3-4-6-15(14)13-20/h3-8,11H,2,9-10,13H2,1H3. The molecule has 1 heterocycles. The molecule has 0 radical (unpaired) electrons. The second kappa shape index (κ2) is 6.63. The first-order valence-electron chi connectivity index (χ1n) is 7.80. The fourth-order valence-corrected chi connectivity index (χ4v) is 4.31. The van der Waals surface area contributed by atoms with E-state index in [0.717, 1.165) is 5.56 Å². The van der Waals surface area contributed by atoms with Gasteiger partial charge in [0, 0.05) is 13.1 Å². The van der Waals surface area contributed by atoms with E-state index in [1.165, 1.54) is 22.0 Å². The van der Waals surface area contributed by atoms with Crippen LogP contribution >= 0.6 is 0 Å². The average Bonchev–Trinajstić information content (AvgIpc) is 2.61. The third-order valence-corrected chi connectivity index (χ3v) is 5.95. The van der Waals surface area contributed by atoms with Crippen LogP contribution in [0.5, 0.6) is 5.75 Å². The minimum atomic E-state index is -3.64. The van der Waals surface area contributed by atoms with E-state index in [4.69, 9.17) is 4.74 Å². The summed E-state index contributed by atoms with van der Waals surface area (Å²) in [5, 5.41) is 9.24. The van der Waals surface area contributed by atoms with Crippen LogP contribution in [0.15, 0.2) is 47.4 Å². The van der Waals surface area contributed by atoms with E-state index < -0.39 is 10.0 Å². The predicted octanol–water partition coefficient (Wildman–Crippen LogP) is 2.70. The Bertz CT molecular complexity index is 901. The molecule has 3 rings (SSSR count). The molecular weight excluding hydrogens is 324 g/mol. The average molecular weight is 342 g/mol. The first-order valence-corrected chi connectivity index (χ1v) is 9.24. The van der Waals surface area contributed by atoms with Crippen molar-refractivity contribution in [2.24, 2.45) is 0 Å². The Hall–Kier alpha value is -2.36. The smallest absolute Gasteiger partial charge is 0.243 e. The van der Waals surface area contributed by atoms with Gasteiger partial charge in [0.25, 0.3) is 0 Å². The maximum absolute atomic E-state index is 12.9. The molecule has 0 atom stereocenters. The summed E-state index contributed by atoms with van der Waals surface area (Å²) in [5.41, 5.74) is 2.45. The number of hydrogen-bond acceptors (Lipinski definition) is 4. The molecule has 1 aliphatic rings. The van der Waals surface area contributed by atoms with Gasteiger partial charge in [-0.25, -0.2) is 8.42 Å². The third kappa shape index (κ3) is 3.01. The van der Waals surface area contributed by atoms with Crippen molar-refractivity contribution in [1.82, 2.24) is 4.31 Å². The predicted molar refractivity (Wildman–Crippen MR) is 90.1 cm³/mol. The van der Waals surface area contributed by atoms with Gasteiger partial charge in [0.2, 0.25) is 10.0 Å². The highest BCUT2D eigenvalue weighted by molar-refractivity contribution is 7.89. The van der Waals surface area contributed by atoms with E-state index in [0.29, 0.717) is 31.9 Å². The molecule has 0 aromatic heterocycles. The van der Waals surface area contributed by atoms with Gasteiger partial charge in [-0.1, -0.05) is 24.3 Å². The summed E-state index contributed by atoms with van der Waals surface area (Å²) in [7, 11) is -3.64. The minimum Gasteiger partial charge on any atom is -0.492 e. The van der Waals surface area contributed by atoms with E-state index >= 15 is 0 Å². The van der Waals surface area contributed by atoms with Gasteiger partial charge in [0.15, 0.2) is 0 Å². The Morgan fingerprint density at radius 1 is 1.21 bits per heavy atom. The number of fused-ring (bicyclic) bond motifs is 1. The molecule has 0 fully saturated rings. The SMILES string of the molecule is CCOc1ccc(S(=O)(=O)N2CCc3ccccc3C2)cc1C#N. The van der Waals surface area contributed by atoms with Gasteiger partial charge in [0.05, 0.1) is 17.1 Å². The molecule has 24 heavy (non-hydrogen) atoms. The number of nitriles is 1. The molecule has 0 saturated heterocycles. The summed E-state index contributed by atoms with van der Waals surface area (Å²) in [6, 6.07) is 14.3. The molecule has 1 aliphatic heterocycles. The first kappa shape index (κ1) is 16.5. The van der Waals surface area contributed by atoms with Gasteiger partial charge in [0.1, 0.15) is 11.8 Å². The van der Waals surface area contributed by atoms with Crippen LogP contribution < -0.4 is 4.74 Å². The molecule has 2 aromatic carbocycles. The summed E-state index contributed by atoms with van der Waals surface area (Å²) in [6.07, 6.45) is 0.692. The number of nitrogens with zero attached hydrogens (tertiary/aromatic N) is 2. The van der Waals surface area contributed by atoms with Crippen molar-refractivity contribution in [3.63, 3.8) is 0 Å². The number of hydrogen-bond donors (Lipinski definition) is 0. The lowest BCUT2D eigenvalue weighted by atomic mass is 10.0. The van der Waals surface area contributed by atoms with Gasteiger partial charge in [-0.15, -0.1) is 0 Å². The summed E-state index contributed by atoms with van der Waals surface area (Å²) in [5.74, 6) is 0.405. The van der Waals surface area contributed by atoms with Gasteiger partial charge in [-0.3, -0.25) is 0 Å². The van der Waals surface area contributed by atoms with Crippen LogP contribution in [0.2, 0.25) is 0 Å². The van der Waals surface area contributed by atoms with Crippen molar-refractivity contribution in [3.05, 3.63) is 59.2 Å². The Morgan fingerprint density at radius 3 is 2.67 bits per heavy atom. The lowest BCUT2D eigenvalue weighted by Crippen LogP contribution is -2.35. The van der Waals surface area contributed by atoms with Crippen molar-refractivity contribution >= 4 is 10.0 Å². The first-order chi connectivity index (χ1) is 11.6. The van der Waals surface area contributed by atoms with Crippen LogP contribution in [-0.2, 0) is 23.0 Å². The number of rotatable bonds is 4. The van der Waals surface area contributed by atoms with E-state index in [1.807, 2.05) is 37.3 Å². The van der Waals surface area contributed by atoms with E-state index in [9.17, 15) is 13.7 Å². The molecule has 5 nitrogen and oxygen atoms in total. The van der Waals surface area contributed by atoms with Gasteiger partial charge >= 0.3 is 0 Å². The number of ether oxygens (including phenoxy) is 1. The molecule has 0 unspecified atom stereocenters. The van der Waals surface area contributed by atoms with Crippen LogP contribution in [0.1, 0.15) is 23.6 Å². The van der Waals surface area contributed by atoms with Gasteiger partial charge in [-0.2, -0.15) is 9.57 Å². The third-order valence-electron chi connectivity index (χ3n) is 4.10.